The number of hydrogen-bond acceptors (Lipinski definition) is 4. The van der Waals surface area contributed by atoms with E-state index in [9.17, 15) is 4.79 Å². The van der Waals surface area contributed by atoms with Crippen LogP contribution in [0.25, 0.3) is 0 Å². The van der Waals surface area contributed by atoms with Gasteiger partial charge in [-0.25, -0.2) is 4.68 Å². The van der Waals surface area contributed by atoms with Gasteiger partial charge >= 0.3 is 0 Å². The van der Waals surface area contributed by atoms with Crippen LogP contribution in [0.5, 0.6) is 0 Å². The Bertz CT molecular complexity index is 627. The van der Waals surface area contributed by atoms with Gasteiger partial charge in [0.25, 0.3) is 5.56 Å². The van der Waals surface area contributed by atoms with Crippen molar-refractivity contribution in [2.75, 3.05) is 39.3 Å². The van der Waals surface area contributed by atoms with E-state index in [1.54, 1.807) is 4.68 Å². The summed E-state index contributed by atoms with van der Waals surface area (Å²) >= 11 is 0. The molecule has 4 rings (SSSR count). The molecule has 5 heteroatoms. The first kappa shape index (κ1) is 17.2. The zero-order valence-corrected chi connectivity index (χ0v) is 15.5. The van der Waals surface area contributed by atoms with Crippen molar-refractivity contribution in [1.82, 2.24) is 19.6 Å². The molecule has 1 aliphatic carbocycles. The van der Waals surface area contributed by atoms with E-state index in [1.807, 2.05) is 6.07 Å². The summed E-state index contributed by atoms with van der Waals surface area (Å²) in [4.78, 5) is 17.5. The first-order chi connectivity index (χ1) is 12.3. The highest BCUT2D eigenvalue weighted by Gasteiger charge is 2.22. The molecule has 0 spiro atoms. The molecule has 2 fully saturated rings. The van der Waals surface area contributed by atoms with Crippen LogP contribution in [0.3, 0.4) is 0 Å². The molecule has 0 radical (unpaired) electrons. The third-order valence-corrected chi connectivity index (χ3v) is 6.34. The lowest BCUT2D eigenvalue weighted by Crippen LogP contribution is -2.42. The van der Waals surface area contributed by atoms with E-state index >= 15 is 0 Å². The number of fused-ring (bicyclic) bond motifs is 1. The number of hydrogen-bond donors (Lipinski definition) is 0. The highest BCUT2D eigenvalue weighted by molar-refractivity contribution is 5.22. The number of rotatable bonds is 5. The summed E-state index contributed by atoms with van der Waals surface area (Å²) in [5.74, 6) is 0.607. The van der Waals surface area contributed by atoms with Crippen LogP contribution in [0.4, 0.5) is 0 Å². The maximum atomic E-state index is 12.3. The first-order valence-electron chi connectivity index (χ1n) is 10.3. The molecule has 0 N–H and O–H groups in total. The van der Waals surface area contributed by atoms with Crippen LogP contribution >= 0.6 is 0 Å². The molecule has 1 aromatic heterocycles. The number of aryl methyl sites for hydroxylation is 2. The SMILES string of the molecule is O=c1cc2c(nn1CC1CCN(CCN3CCCCC3)CC1)CCC2. The van der Waals surface area contributed by atoms with E-state index in [0.29, 0.717) is 5.92 Å². The Kier molecular flexibility index (Phi) is 5.51. The van der Waals surface area contributed by atoms with Gasteiger partial charge in [-0.3, -0.25) is 4.79 Å². The maximum Gasteiger partial charge on any atom is 0.267 e. The Balaban J connectivity index is 1.24. The number of nitrogens with zero attached hydrogens (tertiary/aromatic N) is 4. The van der Waals surface area contributed by atoms with E-state index < -0.39 is 0 Å². The van der Waals surface area contributed by atoms with Crippen LogP contribution in [-0.2, 0) is 19.4 Å². The third-order valence-electron chi connectivity index (χ3n) is 6.34. The van der Waals surface area contributed by atoms with Gasteiger partial charge in [0.15, 0.2) is 0 Å². The van der Waals surface area contributed by atoms with Gasteiger partial charge in [0.1, 0.15) is 0 Å². The van der Waals surface area contributed by atoms with Gasteiger partial charge in [0, 0.05) is 25.7 Å². The van der Waals surface area contributed by atoms with Crippen LogP contribution in [0.1, 0.15) is 49.8 Å². The maximum absolute atomic E-state index is 12.3. The number of piperidine rings is 2. The molecule has 2 aliphatic heterocycles. The number of aromatic nitrogens is 2. The molecule has 0 aromatic carbocycles. The average molecular weight is 345 g/mol. The molecule has 0 atom stereocenters. The zero-order chi connectivity index (χ0) is 17.1. The van der Waals surface area contributed by atoms with Crippen LogP contribution in [0, 0.1) is 5.92 Å². The summed E-state index contributed by atoms with van der Waals surface area (Å²) in [5, 5.41) is 4.65. The molecular weight excluding hydrogens is 312 g/mol. The van der Waals surface area contributed by atoms with E-state index in [-0.39, 0.29) is 5.56 Å². The van der Waals surface area contributed by atoms with Gasteiger partial charge < -0.3 is 9.80 Å². The fourth-order valence-electron chi connectivity index (χ4n) is 4.67. The Morgan fingerprint density at radius 2 is 1.64 bits per heavy atom. The highest BCUT2D eigenvalue weighted by atomic mass is 16.1. The molecule has 25 heavy (non-hydrogen) atoms. The van der Waals surface area contributed by atoms with Gasteiger partial charge in [-0.1, -0.05) is 6.42 Å². The fraction of sp³-hybridized carbons (Fsp3) is 0.800. The van der Waals surface area contributed by atoms with Crippen molar-refractivity contribution in [3.63, 3.8) is 0 Å². The Morgan fingerprint density at radius 1 is 0.920 bits per heavy atom. The minimum absolute atomic E-state index is 0.105. The summed E-state index contributed by atoms with van der Waals surface area (Å²) in [5.41, 5.74) is 2.46. The predicted molar refractivity (Wildman–Crippen MR) is 100.0 cm³/mol. The van der Waals surface area contributed by atoms with Crippen LogP contribution in [-0.4, -0.2) is 58.8 Å². The second-order valence-corrected chi connectivity index (χ2v) is 8.18. The number of likely N-dealkylation sites (tertiary alicyclic amines) is 2. The molecule has 0 saturated carbocycles. The van der Waals surface area contributed by atoms with E-state index in [1.165, 1.54) is 82.6 Å². The minimum atomic E-state index is 0.105. The van der Waals surface area contributed by atoms with E-state index in [4.69, 9.17) is 0 Å². The molecular formula is C20H32N4O. The second-order valence-electron chi connectivity index (χ2n) is 8.18. The van der Waals surface area contributed by atoms with Gasteiger partial charge in [-0.15, -0.1) is 0 Å². The minimum Gasteiger partial charge on any atom is -0.302 e. The molecule has 5 nitrogen and oxygen atoms in total. The lowest BCUT2D eigenvalue weighted by Gasteiger charge is -2.34. The Hall–Kier alpha value is -1.20. The van der Waals surface area contributed by atoms with Crippen molar-refractivity contribution in [3.05, 3.63) is 27.7 Å². The van der Waals surface area contributed by atoms with Crippen molar-refractivity contribution in [2.24, 2.45) is 5.92 Å². The molecule has 138 valence electrons. The van der Waals surface area contributed by atoms with Crippen LogP contribution < -0.4 is 5.56 Å². The van der Waals surface area contributed by atoms with Crippen molar-refractivity contribution in [1.29, 1.82) is 0 Å². The quantitative estimate of drug-likeness (QED) is 0.818. The first-order valence-corrected chi connectivity index (χ1v) is 10.3. The molecule has 0 unspecified atom stereocenters. The van der Waals surface area contributed by atoms with Crippen molar-refractivity contribution in [2.45, 2.75) is 57.9 Å². The monoisotopic (exact) mass is 344 g/mol. The van der Waals surface area contributed by atoms with Gasteiger partial charge in [-0.05, 0) is 82.6 Å². The highest BCUT2D eigenvalue weighted by Crippen LogP contribution is 2.20. The topological polar surface area (TPSA) is 41.4 Å². The molecule has 3 aliphatic rings. The largest absolute Gasteiger partial charge is 0.302 e. The van der Waals surface area contributed by atoms with Gasteiger partial charge in [-0.2, -0.15) is 5.10 Å². The van der Waals surface area contributed by atoms with E-state index in [2.05, 4.69) is 14.9 Å². The molecule has 3 heterocycles. The Morgan fingerprint density at radius 3 is 2.40 bits per heavy atom. The zero-order valence-electron chi connectivity index (χ0n) is 15.5. The lowest BCUT2D eigenvalue weighted by molar-refractivity contribution is 0.138. The Labute approximate surface area is 151 Å². The van der Waals surface area contributed by atoms with E-state index in [0.717, 1.165) is 25.8 Å². The van der Waals surface area contributed by atoms with Gasteiger partial charge in [0.05, 0.1) is 5.69 Å². The molecule has 1 aromatic rings. The van der Waals surface area contributed by atoms with Crippen molar-refractivity contribution < 1.29 is 0 Å². The van der Waals surface area contributed by atoms with Gasteiger partial charge in [0.2, 0.25) is 0 Å². The third kappa shape index (κ3) is 4.32. The second kappa shape index (κ2) is 8.00. The summed E-state index contributed by atoms with van der Waals surface area (Å²) in [6.45, 7) is 8.20. The summed E-state index contributed by atoms with van der Waals surface area (Å²) in [7, 11) is 0. The standard InChI is InChI=1S/C20H32N4O/c25-20-15-18-5-4-6-19(18)21-24(20)16-17-7-11-23(12-8-17)14-13-22-9-2-1-3-10-22/h15,17H,1-14,16H2. The van der Waals surface area contributed by atoms with Crippen molar-refractivity contribution >= 4 is 0 Å². The molecule has 2 saturated heterocycles. The summed E-state index contributed by atoms with van der Waals surface area (Å²) < 4.78 is 1.75. The fourth-order valence-corrected chi connectivity index (χ4v) is 4.67. The summed E-state index contributed by atoms with van der Waals surface area (Å²) in [6, 6.07) is 1.84. The van der Waals surface area contributed by atoms with Crippen LogP contribution in [0.15, 0.2) is 10.9 Å². The van der Waals surface area contributed by atoms with Crippen LogP contribution in [0.2, 0.25) is 0 Å². The van der Waals surface area contributed by atoms with Crippen molar-refractivity contribution in [3.8, 4) is 0 Å². The molecule has 0 amide bonds. The predicted octanol–water partition coefficient (Wildman–Crippen LogP) is 1.93. The molecule has 0 bridgehead atoms. The normalized spacial score (nSPS) is 23.0. The average Bonchev–Trinajstić information content (AvgIpc) is 3.09. The summed E-state index contributed by atoms with van der Waals surface area (Å²) in [6.07, 6.45) is 9.81. The lowest BCUT2D eigenvalue weighted by atomic mass is 9.97. The smallest absolute Gasteiger partial charge is 0.267 e.